The van der Waals surface area contributed by atoms with Gasteiger partial charge in [0.2, 0.25) is 5.88 Å². The Morgan fingerprint density at radius 2 is 2.10 bits per heavy atom. The number of nitrogens with zero attached hydrogens (tertiary/aromatic N) is 3. The molecule has 0 bridgehead atoms. The summed E-state index contributed by atoms with van der Waals surface area (Å²) in [7, 11) is 2.19. The minimum atomic E-state index is 0.0450. The van der Waals surface area contributed by atoms with Crippen LogP contribution in [0.2, 0.25) is 0 Å². The zero-order chi connectivity index (χ0) is 15.2. The van der Waals surface area contributed by atoms with E-state index in [1.807, 2.05) is 13.8 Å². The van der Waals surface area contributed by atoms with Crippen molar-refractivity contribution < 1.29 is 4.74 Å². The third-order valence-electron chi connectivity index (χ3n) is 3.90. The smallest absolute Gasteiger partial charge is 0.242 e. The van der Waals surface area contributed by atoms with Crippen LogP contribution in [0.1, 0.15) is 39.5 Å². The summed E-state index contributed by atoms with van der Waals surface area (Å²) in [5.41, 5.74) is 6.53. The number of nitrogens with two attached hydrogens (primary N) is 1. The molecule has 1 fully saturated rings. The molecule has 6 heteroatoms. The second kappa shape index (κ2) is 7.45. The lowest BCUT2D eigenvalue weighted by molar-refractivity contribution is 0.234. The molecule has 0 spiro atoms. The van der Waals surface area contributed by atoms with Crippen LogP contribution in [0, 0.1) is 0 Å². The Kier molecular flexibility index (Phi) is 5.61. The quantitative estimate of drug-likeness (QED) is 0.802. The summed E-state index contributed by atoms with van der Waals surface area (Å²) in [6, 6.07) is 0.731. The van der Waals surface area contributed by atoms with Gasteiger partial charge in [-0.3, -0.25) is 0 Å². The van der Waals surface area contributed by atoms with Crippen LogP contribution in [-0.4, -0.2) is 47.2 Å². The molecule has 1 aromatic rings. The summed E-state index contributed by atoms with van der Waals surface area (Å²) in [6.45, 7) is 5.69. The number of anilines is 2. The molecule has 1 saturated carbocycles. The molecule has 0 unspecified atom stereocenters. The van der Waals surface area contributed by atoms with Crippen molar-refractivity contribution in [2.45, 2.75) is 51.7 Å². The predicted molar refractivity (Wildman–Crippen MR) is 85.6 cm³/mol. The first-order chi connectivity index (χ1) is 10.1. The van der Waals surface area contributed by atoms with Crippen molar-refractivity contribution >= 4 is 11.5 Å². The van der Waals surface area contributed by atoms with E-state index < -0.39 is 0 Å². The number of likely N-dealkylation sites (N-methyl/N-ethyl adjacent to an activating group) is 1. The van der Waals surface area contributed by atoms with Gasteiger partial charge in [0.15, 0.2) is 5.82 Å². The van der Waals surface area contributed by atoms with Crippen molar-refractivity contribution in [1.29, 1.82) is 0 Å². The minimum Gasteiger partial charge on any atom is -0.473 e. The summed E-state index contributed by atoms with van der Waals surface area (Å²) in [6.07, 6.45) is 6.88. The lowest BCUT2D eigenvalue weighted by Crippen LogP contribution is -2.33. The second-order valence-corrected chi connectivity index (χ2v) is 5.95. The van der Waals surface area contributed by atoms with Gasteiger partial charge in [0, 0.05) is 19.1 Å². The Morgan fingerprint density at radius 1 is 1.38 bits per heavy atom. The number of aromatic nitrogens is 2. The van der Waals surface area contributed by atoms with Gasteiger partial charge in [-0.05, 0) is 33.7 Å². The third kappa shape index (κ3) is 4.46. The van der Waals surface area contributed by atoms with E-state index in [2.05, 4.69) is 27.2 Å². The molecular formula is C15H27N5O. The van der Waals surface area contributed by atoms with Crippen LogP contribution in [0.5, 0.6) is 5.88 Å². The highest BCUT2D eigenvalue weighted by atomic mass is 16.5. The summed E-state index contributed by atoms with van der Waals surface area (Å²) in [5.74, 6) is 1.10. The van der Waals surface area contributed by atoms with E-state index in [0.717, 1.165) is 19.1 Å². The van der Waals surface area contributed by atoms with Crippen LogP contribution < -0.4 is 15.8 Å². The molecule has 21 heavy (non-hydrogen) atoms. The van der Waals surface area contributed by atoms with Crippen molar-refractivity contribution in [3.63, 3.8) is 0 Å². The van der Waals surface area contributed by atoms with Gasteiger partial charge in [0.05, 0.1) is 6.10 Å². The second-order valence-electron chi connectivity index (χ2n) is 5.95. The van der Waals surface area contributed by atoms with Crippen molar-refractivity contribution in [1.82, 2.24) is 14.9 Å². The number of hydrogen-bond acceptors (Lipinski definition) is 6. The molecular weight excluding hydrogens is 266 g/mol. The first-order valence-electron chi connectivity index (χ1n) is 7.79. The fraction of sp³-hybridized carbons (Fsp3) is 0.733. The molecule has 0 amide bonds. The van der Waals surface area contributed by atoms with Crippen molar-refractivity contribution in [2.24, 2.45) is 0 Å². The molecule has 1 aromatic heterocycles. The van der Waals surface area contributed by atoms with Crippen molar-refractivity contribution in [3.05, 3.63) is 6.33 Å². The van der Waals surface area contributed by atoms with Gasteiger partial charge in [-0.1, -0.05) is 12.8 Å². The fourth-order valence-electron chi connectivity index (χ4n) is 2.72. The van der Waals surface area contributed by atoms with Gasteiger partial charge >= 0.3 is 0 Å². The van der Waals surface area contributed by atoms with Gasteiger partial charge in [-0.2, -0.15) is 4.98 Å². The Bertz CT molecular complexity index is 446. The first kappa shape index (κ1) is 15.8. The standard InChI is InChI=1S/C15H27N5O/c1-11(2)21-15-13(16)14(18-10-19-15)17-8-9-20(3)12-6-4-5-7-12/h10-12H,4-9,16H2,1-3H3,(H,17,18,19). The maximum absolute atomic E-state index is 6.04. The molecule has 3 N–H and O–H groups in total. The molecule has 6 nitrogen and oxygen atoms in total. The molecule has 0 radical (unpaired) electrons. The van der Waals surface area contributed by atoms with E-state index in [4.69, 9.17) is 10.5 Å². The van der Waals surface area contributed by atoms with Crippen molar-refractivity contribution in [2.75, 3.05) is 31.2 Å². The van der Waals surface area contributed by atoms with E-state index in [-0.39, 0.29) is 6.10 Å². The topological polar surface area (TPSA) is 76.3 Å². The molecule has 0 saturated heterocycles. The average molecular weight is 293 g/mol. The Labute approximate surface area is 127 Å². The molecule has 1 aliphatic rings. The van der Waals surface area contributed by atoms with Gasteiger partial charge in [0.1, 0.15) is 12.0 Å². The van der Waals surface area contributed by atoms with Gasteiger partial charge < -0.3 is 20.7 Å². The van der Waals surface area contributed by atoms with Crippen LogP contribution in [0.4, 0.5) is 11.5 Å². The molecule has 1 aliphatic carbocycles. The summed E-state index contributed by atoms with van der Waals surface area (Å²) < 4.78 is 5.57. The fourth-order valence-corrected chi connectivity index (χ4v) is 2.72. The highest BCUT2D eigenvalue weighted by Gasteiger charge is 2.19. The average Bonchev–Trinajstić information content (AvgIpc) is 2.96. The third-order valence-corrected chi connectivity index (χ3v) is 3.90. The highest BCUT2D eigenvalue weighted by molar-refractivity contribution is 5.66. The largest absolute Gasteiger partial charge is 0.473 e. The van der Waals surface area contributed by atoms with Crippen LogP contribution in [-0.2, 0) is 0 Å². The molecule has 0 aromatic carbocycles. The Morgan fingerprint density at radius 3 is 2.76 bits per heavy atom. The van der Waals surface area contributed by atoms with Crippen LogP contribution >= 0.6 is 0 Å². The number of ether oxygens (including phenoxy) is 1. The Balaban J connectivity index is 1.85. The lowest BCUT2D eigenvalue weighted by atomic mass is 10.2. The van der Waals surface area contributed by atoms with Crippen LogP contribution in [0.3, 0.4) is 0 Å². The van der Waals surface area contributed by atoms with Gasteiger partial charge in [-0.25, -0.2) is 4.98 Å². The van der Waals surface area contributed by atoms with E-state index >= 15 is 0 Å². The lowest BCUT2D eigenvalue weighted by Gasteiger charge is -2.24. The van der Waals surface area contributed by atoms with E-state index in [1.165, 1.54) is 32.0 Å². The molecule has 2 rings (SSSR count). The number of hydrogen-bond donors (Lipinski definition) is 2. The highest BCUT2D eigenvalue weighted by Crippen LogP contribution is 2.25. The van der Waals surface area contributed by atoms with Gasteiger partial charge in [0.25, 0.3) is 0 Å². The first-order valence-corrected chi connectivity index (χ1v) is 7.79. The van der Waals surface area contributed by atoms with Crippen LogP contribution in [0.25, 0.3) is 0 Å². The van der Waals surface area contributed by atoms with Crippen LogP contribution in [0.15, 0.2) is 6.33 Å². The van der Waals surface area contributed by atoms with E-state index in [9.17, 15) is 0 Å². The zero-order valence-electron chi connectivity index (χ0n) is 13.3. The predicted octanol–water partition coefficient (Wildman–Crippen LogP) is 2.13. The number of nitrogens with one attached hydrogen (secondary N) is 1. The molecule has 0 aliphatic heterocycles. The normalized spacial score (nSPS) is 15.9. The summed E-state index contributed by atoms with van der Waals surface area (Å²) in [4.78, 5) is 10.7. The zero-order valence-corrected chi connectivity index (χ0v) is 13.3. The van der Waals surface area contributed by atoms with E-state index in [1.54, 1.807) is 0 Å². The van der Waals surface area contributed by atoms with E-state index in [0.29, 0.717) is 17.4 Å². The monoisotopic (exact) mass is 293 g/mol. The summed E-state index contributed by atoms with van der Waals surface area (Å²) in [5, 5.41) is 3.28. The maximum atomic E-state index is 6.04. The number of rotatable bonds is 7. The molecule has 0 atom stereocenters. The number of nitrogen functional groups attached to an aromatic ring is 1. The Hall–Kier alpha value is -1.56. The molecule has 118 valence electrons. The molecule has 1 heterocycles. The maximum Gasteiger partial charge on any atom is 0.242 e. The summed E-state index contributed by atoms with van der Waals surface area (Å²) >= 11 is 0. The SMILES string of the molecule is CC(C)Oc1ncnc(NCCN(C)C2CCCC2)c1N. The van der Waals surface area contributed by atoms with Crippen molar-refractivity contribution in [3.8, 4) is 5.88 Å². The minimum absolute atomic E-state index is 0.0450. The van der Waals surface area contributed by atoms with Gasteiger partial charge in [-0.15, -0.1) is 0 Å².